The number of β-amino-alcohol motifs (C(OH)–C–C–N with tert-alkyl or cyclic N) is 1. The highest BCUT2D eigenvalue weighted by Gasteiger charge is 2.28. The predicted molar refractivity (Wildman–Crippen MR) is 71.3 cm³/mol. The topological polar surface area (TPSA) is 58.4 Å². The van der Waals surface area contributed by atoms with Gasteiger partial charge in [0.05, 0.1) is 19.1 Å². The van der Waals surface area contributed by atoms with Gasteiger partial charge in [-0.25, -0.2) is 4.98 Å². The lowest BCUT2D eigenvalue weighted by Gasteiger charge is -2.16. The lowest BCUT2D eigenvalue weighted by molar-refractivity contribution is -0.117. The average molecular weight is 257 g/mol. The molecular weight excluding hydrogens is 242 g/mol. The molecule has 1 aromatic heterocycles. The molecule has 1 aliphatic heterocycles. The maximum absolute atomic E-state index is 11.7. The highest BCUT2D eigenvalue weighted by atomic mass is 16.3. The maximum atomic E-state index is 11.7. The molecule has 1 aliphatic rings. The molecule has 1 N–H and O–H groups in total. The summed E-state index contributed by atoms with van der Waals surface area (Å²) >= 11 is 0. The molecule has 3 rings (SSSR count). The molecule has 1 fully saturated rings. The van der Waals surface area contributed by atoms with E-state index in [0.29, 0.717) is 6.54 Å². The van der Waals surface area contributed by atoms with Crippen molar-refractivity contribution in [2.75, 3.05) is 11.4 Å². The fourth-order valence-electron chi connectivity index (χ4n) is 2.38. The van der Waals surface area contributed by atoms with Crippen LogP contribution in [0.3, 0.4) is 0 Å². The van der Waals surface area contributed by atoms with Crippen LogP contribution in [0.1, 0.15) is 12.2 Å². The van der Waals surface area contributed by atoms with Crippen molar-refractivity contribution in [1.29, 1.82) is 0 Å². The molecule has 19 heavy (non-hydrogen) atoms. The Hall–Kier alpha value is -2.14. The van der Waals surface area contributed by atoms with Crippen molar-refractivity contribution in [2.45, 2.75) is 19.4 Å². The van der Waals surface area contributed by atoms with E-state index in [2.05, 4.69) is 4.98 Å². The average Bonchev–Trinajstić information content (AvgIpc) is 2.96. The van der Waals surface area contributed by atoms with E-state index in [-0.39, 0.29) is 12.3 Å². The van der Waals surface area contributed by atoms with Crippen LogP contribution in [-0.2, 0) is 4.79 Å². The third-order valence-electron chi connectivity index (χ3n) is 3.37. The normalized spacial score (nSPS) is 19.2. The van der Waals surface area contributed by atoms with Crippen molar-refractivity contribution >= 4 is 11.6 Å². The van der Waals surface area contributed by atoms with E-state index in [1.54, 1.807) is 11.1 Å². The number of benzene rings is 1. The van der Waals surface area contributed by atoms with Gasteiger partial charge < -0.3 is 14.6 Å². The number of imidazole rings is 1. The van der Waals surface area contributed by atoms with Crippen molar-refractivity contribution < 1.29 is 9.90 Å². The number of aryl methyl sites for hydroxylation is 1. The number of amides is 1. The van der Waals surface area contributed by atoms with Crippen LogP contribution in [0.2, 0.25) is 0 Å². The second kappa shape index (κ2) is 4.51. The monoisotopic (exact) mass is 257 g/mol. The maximum Gasteiger partial charge on any atom is 0.229 e. The summed E-state index contributed by atoms with van der Waals surface area (Å²) in [6, 6.07) is 7.68. The van der Waals surface area contributed by atoms with E-state index < -0.39 is 6.10 Å². The first-order valence-electron chi connectivity index (χ1n) is 6.24. The van der Waals surface area contributed by atoms with Crippen LogP contribution < -0.4 is 4.90 Å². The Bertz CT molecular complexity index is 603. The molecule has 1 unspecified atom stereocenters. The van der Waals surface area contributed by atoms with Crippen LogP contribution in [0, 0.1) is 6.92 Å². The Labute approximate surface area is 111 Å². The highest BCUT2D eigenvalue weighted by molar-refractivity contribution is 5.96. The van der Waals surface area contributed by atoms with Crippen molar-refractivity contribution in [3.8, 4) is 5.69 Å². The molecule has 5 nitrogen and oxygen atoms in total. The van der Waals surface area contributed by atoms with Gasteiger partial charge in [-0.05, 0) is 31.2 Å². The molecule has 0 spiro atoms. The first-order valence-corrected chi connectivity index (χ1v) is 6.24. The van der Waals surface area contributed by atoms with Crippen LogP contribution in [0.15, 0.2) is 36.7 Å². The summed E-state index contributed by atoms with van der Waals surface area (Å²) in [5.74, 6) is 0.888. The summed E-state index contributed by atoms with van der Waals surface area (Å²) in [7, 11) is 0. The van der Waals surface area contributed by atoms with E-state index in [9.17, 15) is 9.90 Å². The number of rotatable bonds is 2. The van der Waals surface area contributed by atoms with Crippen LogP contribution in [0.5, 0.6) is 0 Å². The van der Waals surface area contributed by atoms with Crippen LogP contribution in [0.4, 0.5) is 5.69 Å². The van der Waals surface area contributed by atoms with Crippen molar-refractivity contribution in [3.05, 3.63) is 42.5 Å². The molecule has 1 saturated heterocycles. The number of aliphatic hydroxyl groups is 1. The first-order chi connectivity index (χ1) is 9.15. The van der Waals surface area contributed by atoms with Gasteiger partial charge in [0.15, 0.2) is 0 Å². The smallest absolute Gasteiger partial charge is 0.229 e. The van der Waals surface area contributed by atoms with E-state index in [0.717, 1.165) is 17.2 Å². The van der Waals surface area contributed by atoms with Gasteiger partial charge >= 0.3 is 0 Å². The molecule has 1 amide bonds. The molecule has 1 aromatic carbocycles. The summed E-state index contributed by atoms with van der Waals surface area (Å²) in [4.78, 5) is 17.5. The standard InChI is InChI=1S/C14H15N3O2/c1-10-15-6-7-16(10)11-2-4-12(5-3-11)17-9-13(18)8-14(17)19/h2-7,13,18H,8-9H2,1H3. The number of aromatic nitrogens is 2. The lowest BCUT2D eigenvalue weighted by atomic mass is 10.2. The zero-order chi connectivity index (χ0) is 13.4. The van der Waals surface area contributed by atoms with E-state index in [1.165, 1.54) is 0 Å². The van der Waals surface area contributed by atoms with Crippen LogP contribution >= 0.6 is 0 Å². The van der Waals surface area contributed by atoms with Gasteiger partial charge in [-0.3, -0.25) is 4.79 Å². The lowest BCUT2D eigenvalue weighted by Crippen LogP contribution is -2.25. The molecular formula is C14H15N3O2. The first kappa shape index (κ1) is 11.9. The highest BCUT2D eigenvalue weighted by Crippen LogP contribution is 2.23. The zero-order valence-electron chi connectivity index (χ0n) is 10.7. The summed E-state index contributed by atoms with van der Waals surface area (Å²) in [5, 5.41) is 9.50. The van der Waals surface area contributed by atoms with Crippen molar-refractivity contribution in [2.24, 2.45) is 0 Å². The molecule has 1 atom stereocenters. The van der Waals surface area contributed by atoms with Gasteiger partial charge in [0.1, 0.15) is 5.82 Å². The predicted octanol–water partition coefficient (Wildman–Crippen LogP) is 1.28. The number of hydrogen-bond donors (Lipinski definition) is 1. The Morgan fingerprint density at radius 1 is 1.26 bits per heavy atom. The number of carbonyl (C=O) groups is 1. The van der Waals surface area contributed by atoms with Gasteiger partial charge in [0.25, 0.3) is 0 Å². The minimum absolute atomic E-state index is 0.0286. The quantitative estimate of drug-likeness (QED) is 0.881. The van der Waals surface area contributed by atoms with E-state index >= 15 is 0 Å². The fourth-order valence-corrected chi connectivity index (χ4v) is 2.38. The second-order valence-corrected chi connectivity index (χ2v) is 4.72. The summed E-state index contributed by atoms with van der Waals surface area (Å²) in [5.41, 5.74) is 1.83. The Balaban J connectivity index is 1.87. The molecule has 2 aromatic rings. The van der Waals surface area contributed by atoms with Crippen LogP contribution in [-0.4, -0.2) is 33.2 Å². The number of anilines is 1. The molecule has 0 saturated carbocycles. The van der Waals surface area contributed by atoms with Gasteiger partial charge in [-0.1, -0.05) is 0 Å². The minimum Gasteiger partial charge on any atom is -0.391 e. The molecule has 0 bridgehead atoms. The van der Waals surface area contributed by atoms with Crippen LogP contribution in [0.25, 0.3) is 5.69 Å². The number of carbonyl (C=O) groups excluding carboxylic acids is 1. The summed E-state index contributed by atoms with van der Waals surface area (Å²) in [6.07, 6.45) is 3.31. The van der Waals surface area contributed by atoms with Gasteiger partial charge in [-0.2, -0.15) is 0 Å². The summed E-state index contributed by atoms with van der Waals surface area (Å²) < 4.78 is 1.98. The minimum atomic E-state index is -0.553. The van der Waals surface area contributed by atoms with Crippen molar-refractivity contribution in [1.82, 2.24) is 9.55 Å². The molecule has 2 heterocycles. The van der Waals surface area contributed by atoms with Crippen molar-refractivity contribution in [3.63, 3.8) is 0 Å². The Kier molecular flexibility index (Phi) is 2.83. The molecule has 0 radical (unpaired) electrons. The van der Waals surface area contributed by atoms with E-state index in [4.69, 9.17) is 0 Å². The number of nitrogens with zero attached hydrogens (tertiary/aromatic N) is 3. The Morgan fingerprint density at radius 3 is 2.47 bits per heavy atom. The van der Waals surface area contributed by atoms with Gasteiger partial charge in [-0.15, -0.1) is 0 Å². The number of hydrogen-bond acceptors (Lipinski definition) is 3. The number of aliphatic hydroxyl groups excluding tert-OH is 1. The SMILES string of the molecule is Cc1nccn1-c1ccc(N2CC(O)CC2=O)cc1. The van der Waals surface area contributed by atoms with Gasteiger partial charge in [0, 0.05) is 23.8 Å². The molecule has 0 aliphatic carbocycles. The Morgan fingerprint density at radius 2 is 1.95 bits per heavy atom. The van der Waals surface area contributed by atoms with E-state index in [1.807, 2.05) is 42.0 Å². The molecule has 5 heteroatoms. The summed E-state index contributed by atoms with van der Waals surface area (Å²) in [6.45, 7) is 2.32. The third kappa shape index (κ3) is 2.13. The zero-order valence-corrected chi connectivity index (χ0v) is 10.7. The fraction of sp³-hybridized carbons (Fsp3) is 0.286. The third-order valence-corrected chi connectivity index (χ3v) is 3.37. The largest absolute Gasteiger partial charge is 0.391 e. The molecule has 98 valence electrons. The second-order valence-electron chi connectivity index (χ2n) is 4.72. The van der Waals surface area contributed by atoms with Gasteiger partial charge in [0.2, 0.25) is 5.91 Å².